The minimum Gasteiger partial charge on any atom is -0.481 e. The molecular weight excluding hydrogens is 320 g/mol. The van der Waals surface area contributed by atoms with Crippen LogP contribution in [-0.4, -0.2) is 31.4 Å². The molecule has 1 aliphatic rings. The third-order valence-electron chi connectivity index (χ3n) is 3.75. The molecule has 8 heteroatoms. The smallest absolute Gasteiger partial charge is 0.307 e. The molecule has 0 heterocycles. The predicted octanol–water partition coefficient (Wildman–Crippen LogP) is 1.42. The summed E-state index contributed by atoms with van der Waals surface area (Å²) in [5.41, 5.74) is 0.439. The van der Waals surface area contributed by atoms with E-state index < -0.39 is 27.8 Å². The van der Waals surface area contributed by atoms with Gasteiger partial charge in [-0.3, -0.25) is 9.59 Å². The van der Waals surface area contributed by atoms with E-state index in [0.29, 0.717) is 18.5 Å². The van der Waals surface area contributed by atoms with Crippen LogP contribution in [0.3, 0.4) is 0 Å². The first-order chi connectivity index (χ1) is 10.7. The van der Waals surface area contributed by atoms with Gasteiger partial charge in [0.1, 0.15) is 0 Å². The van der Waals surface area contributed by atoms with E-state index in [1.54, 1.807) is 13.8 Å². The maximum atomic E-state index is 12.0. The number of carbonyl (C=O) groups is 2. The molecule has 0 spiro atoms. The van der Waals surface area contributed by atoms with Gasteiger partial charge < -0.3 is 10.4 Å². The summed E-state index contributed by atoms with van der Waals surface area (Å²) < 4.78 is 26.5. The van der Waals surface area contributed by atoms with Crippen molar-refractivity contribution in [3.05, 3.63) is 24.3 Å². The summed E-state index contributed by atoms with van der Waals surface area (Å²) in [5.74, 6) is -2.47. The predicted molar refractivity (Wildman–Crippen MR) is 84.4 cm³/mol. The first kappa shape index (κ1) is 17.4. The Morgan fingerprint density at radius 1 is 1.13 bits per heavy atom. The van der Waals surface area contributed by atoms with Crippen LogP contribution in [0.4, 0.5) is 5.69 Å². The maximum Gasteiger partial charge on any atom is 0.307 e. The molecule has 7 nitrogen and oxygen atoms in total. The highest BCUT2D eigenvalue weighted by Crippen LogP contribution is 2.35. The van der Waals surface area contributed by atoms with Crippen LogP contribution in [0.1, 0.15) is 26.7 Å². The summed E-state index contributed by atoms with van der Waals surface area (Å²) in [6, 6.07) is 5.56. The normalized spacial score (nSPS) is 20.8. The molecule has 1 amide bonds. The fraction of sp³-hybridized carbons (Fsp3) is 0.467. The van der Waals surface area contributed by atoms with Crippen molar-refractivity contribution in [2.24, 2.45) is 11.8 Å². The Bertz CT molecular complexity index is 697. The van der Waals surface area contributed by atoms with Crippen molar-refractivity contribution in [1.82, 2.24) is 4.72 Å². The van der Waals surface area contributed by atoms with Crippen LogP contribution in [0.25, 0.3) is 0 Å². The minimum absolute atomic E-state index is 0.108. The molecule has 2 rings (SSSR count). The van der Waals surface area contributed by atoms with E-state index in [4.69, 9.17) is 5.11 Å². The van der Waals surface area contributed by atoms with Gasteiger partial charge in [-0.25, -0.2) is 13.1 Å². The largest absolute Gasteiger partial charge is 0.481 e. The molecule has 23 heavy (non-hydrogen) atoms. The van der Waals surface area contributed by atoms with Crippen molar-refractivity contribution in [3.63, 3.8) is 0 Å². The first-order valence-electron chi connectivity index (χ1n) is 7.37. The molecule has 1 aromatic carbocycles. The van der Waals surface area contributed by atoms with E-state index in [1.165, 1.54) is 24.3 Å². The molecule has 1 aromatic rings. The van der Waals surface area contributed by atoms with Gasteiger partial charge in [0.05, 0.1) is 16.7 Å². The summed E-state index contributed by atoms with van der Waals surface area (Å²) in [5, 5.41) is 11.6. The Hall–Kier alpha value is -1.93. The average molecular weight is 340 g/mol. The van der Waals surface area contributed by atoms with Gasteiger partial charge in [0.15, 0.2) is 0 Å². The lowest BCUT2D eigenvalue weighted by Gasteiger charge is -2.31. The Morgan fingerprint density at radius 3 is 2.13 bits per heavy atom. The Kier molecular flexibility index (Phi) is 5.06. The number of carbonyl (C=O) groups excluding carboxylic acids is 1. The second-order valence-electron chi connectivity index (χ2n) is 5.92. The lowest BCUT2D eigenvalue weighted by Crippen LogP contribution is -2.41. The van der Waals surface area contributed by atoms with Gasteiger partial charge in [0.25, 0.3) is 0 Å². The van der Waals surface area contributed by atoms with E-state index in [-0.39, 0.29) is 16.8 Å². The minimum atomic E-state index is -3.58. The molecule has 0 aliphatic heterocycles. The number of hydrogen-bond acceptors (Lipinski definition) is 4. The highest BCUT2D eigenvalue weighted by molar-refractivity contribution is 7.89. The molecule has 0 radical (unpaired) electrons. The third-order valence-corrected chi connectivity index (χ3v) is 5.43. The number of nitrogens with one attached hydrogen (secondary N) is 2. The molecule has 3 N–H and O–H groups in total. The Balaban J connectivity index is 2.03. The van der Waals surface area contributed by atoms with Gasteiger partial charge >= 0.3 is 5.97 Å². The number of anilines is 1. The van der Waals surface area contributed by atoms with E-state index in [9.17, 15) is 18.0 Å². The van der Waals surface area contributed by atoms with E-state index in [1.807, 2.05) is 0 Å². The van der Waals surface area contributed by atoms with Crippen LogP contribution in [0, 0.1) is 11.8 Å². The van der Waals surface area contributed by atoms with Crippen molar-refractivity contribution in [2.75, 3.05) is 5.32 Å². The molecule has 1 aliphatic carbocycles. The summed E-state index contributed by atoms with van der Waals surface area (Å²) in [7, 11) is -3.58. The van der Waals surface area contributed by atoms with Gasteiger partial charge in [-0.15, -0.1) is 0 Å². The van der Waals surface area contributed by atoms with Crippen molar-refractivity contribution in [2.45, 2.75) is 37.6 Å². The fourth-order valence-electron chi connectivity index (χ4n) is 2.44. The zero-order valence-corrected chi connectivity index (χ0v) is 13.8. The number of amides is 1. The van der Waals surface area contributed by atoms with Crippen molar-refractivity contribution in [1.29, 1.82) is 0 Å². The molecule has 1 fully saturated rings. The molecule has 126 valence electrons. The van der Waals surface area contributed by atoms with Crippen molar-refractivity contribution >= 4 is 27.6 Å². The van der Waals surface area contributed by atoms with Gasteiger partial charge in [0.2, 0.25) is 15.9 Å². The van der Waals surface area contributed by atoms with Gasteiger partial charge in [-0.2, -0.15) is 0 Å². The lowest BCUT2D eigenvalue weighted by atomic mass is 9.73. The number of hydrogen-bond donors (Lipinski definition) is 3. The molecule has 1 saturated carbocycles. The molecule has 0 aromatic heterocycles. The number of rotatable bonds is 6. The zero-order chi connectivity index (χ0) is 17.2. The standard InChI is InChI=1S/C15H20N2O5S/c1-9(2)17-23(21,22)11-5-3-10(4-6-11)16-14(18)12-7-8-13(12)15(19)20/h3-6,9,12-13,17H,7-8H2,1-2H3,(H,16,18)(H,19,20). The highest BCUT2D eigenvalue weighted by atomic mass is 32.2. The van der Waals surface area contributed by atoms with Crippen LogP contribution >= 0.6 is 0 Å². The van der Waals surface area contributed by atoms with Crippen LogP contribution in [0.15, 0.2) is 29.2 Å². The monoisotopic (exact) mass is 340 g/mol. The van der Waals surface area contributed by atoms with Crippen LogP contribution in [0.5, 0.6) is 0 Å². The Labute approximate surface area is 135 Å². The lowest BCUT2D eigenvalue weighted by molar-refractivity contribution is -0.151. The van der Waals surface area contributed by atoms with Crippen molar-refractivity contribution in [3.8, 4) is 0 Å². The average Bonchev–Trinajstić information content (AvgIpc) is 2.35. The topological polar surface area (TPSA) is 113 Å². The quantitative estimate of drug-likeness (QED) is 0.725. The molecule has 0 saturated heterocycles. The Morgan fingerprint density at radius 2 is 1.70 bits per heavy atom. The molecule has 2 unspecified atom stereocenters. The molecule has 0 bridgehead atoms. The second kappa shape index (κ2) is 6.67. The SMILES string of the molecule is CC(C)NS(=O)(=O)c1ccc(NC(=O)C2CCC2C(=O)O)cc1. The third kappa shape index (κ3) is 4.08. The van der Waals surface area contributed by atoms with E-state index >= 15 is 0 Å². The van der Waals surface area contributed by atoms with Crippen LogP contribution in [-0.2, 0) is 19.6 Å². The van der Waals surface area contributed by atoms with E-state index in [0.717, 1.165) is 0 Å². The summed E-state index contributed by atoms with van der Waals surface area (Å²) in [6.45, 7) is 3.45. The van der Waals surface area contributed by atoms with Gasteiger partial charge in [-0.1, -0.05) is 0 Å². The number of carboxylic acids is 1. The molecular formula is C15H20N2O5S. The highest BCUT2D eigenvalue weighted by Gasteiger charge is 2.41. The zero-order valence-electron chi connectivity index (χ0n) is 12.9. The van der Waals surface area contributed by atoms with Crippen LogP contribution < -0.4 is 10.0 Å². The van der Waals surface area contributed by atoms with Gasteiger partial charge in [-0.05, 0) is 51.0 Å². The first-order valence-corrected chi connectivity index (χ1v) is 8.85. The summed E-state index contributed by atoms with van der Waals surface area (Å²) in [4.78, 5) is 23.1. The van der Waals surface area contributed by atoms with Gasteiger partial charge in [0, 0.05) is 11.7 Å². The van der Waals surface area contributed by atoms with E-state index in [2.05, 4.69) is 10.0 Å². The number of sulfonamides is 1. The summed E-state index contributed by atoms with van der Waals surface area (Å²) >= 11 is 0. The molecule has 2 atom stereocenters. The summed E-state index contributed by atoms with van der Waals surface area (Å²) in [6.07, 6.45) is 1.05. The fourth-order valence-corrected chi connectivity index (χ4v) is 3.69. The number of benzene rings is 1. The number of aliphatic carboxylic acids is 1. The maximum absolute atomic E-state index is 12.0. The van der Waals surface area contributed by atoms with Crippen LogP contribution in [0.2, 0.25) is 0 Å². The van der Waals surface area contributed by atoms with Crippen molar-refractivity contribution < 1.29 is 23.1 Å². The second-order valence-corrected chi connectivity index (χ2v) is 7.63. The number of carboxylic acid groups (broad SMARTS) is 1.